The molecule has 0 saturated carbocycles. The zero-order valence-electron chi connectivity index (χ0n) is 16.7. The largest absolute Gasteiger partial charge is 0.381 e. The quantitative estimate of drug-likeness (QED) is 0.804. The third-order valence-corrected chi connectivity index (χ3v) is 5.64. The fourth-order valence-corrected chi connectivity index (χ4v) is 3.95. The Bertz CT molecular complexity index is 578. The summed E-state index contributed by atoms with van der Waals surface area (Å²) in [6, 6.07) is 9.12. The van der Waals surface area contributed by atoms with Gasteiger partial charge in [-0.05, 0) is 56.5 Å². The van der Waals surface area contributed by atoms with Crippen LogP contribution in [-0.2, 0) is 4.74 Å². The first-order chi connectivity index (χ1) is 13.1. The van der Waals surface area contributed by atoms with E-state index in [1.54, 1.807) is 0 Å². The van der Waals surface area contributed by atoms with Gasteiger partial charge in [0.1, 0.15) is 0 Å². The number of benzene rings is 1. The smallest absolute Gasteiger partial charge is 0.315 e. The first-order valence-corrected chi connectivity index (χ1v) is 10.3. The Balaban J connectivity index is 1.61. The Morgan fingerprint density at radius 1 is 1.15 bits per heavy atom. The highest BCUT2D eigenvalue weighted by Crippen LogP contribution is 2.26. The van der Waals surface area contributed by atoms with Crippen LogP contribution < -0.4 is 15.5 Å². The lowest BCUT2D eigenvalue weighted by atomic mass is 10.0. The van der Waals surface area contributed by atoms with Gasteiger partial charge in [0.2, 0.25) is 0 Å². The number of ether oxygens (including phenoxy) is 1. The van der Waals surface area contributed by atoms with Crippen molar-refractivity contribution in [2.75, 3.05) is 51.8 Å². The predicted octanol–water partition coefficient (Wildman–Crippen LogP) is 2.76. The van der Waals surface area contributed by atoms with E-state index >= 15 is 0 Å². The van der Waals surface area contributed by atoms with E-state index < -0.39 is 0 Å². The maximum Gasteiger partial charge on any atom is 0.315 e. The summed E-state index contributed by atoms with van der Waals surface area (Å²) in [6.45, 7) is 4.31. The monoisotopic (exact) mass is 374 g/mol. The summed E-state index contributed by atoms with van der Waals surface area (Å²) in [4.78, 5) is 17.0. The minimum Gasteiger partial charge on any atom is -0.381 e. The summed E-state index contributed by atoms with van der Waals surface area (Å²) < 4.78 is 5.36. The first-order valence-electron chi connectivity index (χ1n) is 10.3. The summed E-state index contributed by atoms with van der Waals surface area (Å²) in [6.07, 6.45) is 5.57. The number of rotatable bonds is 6. The Kier molecular flexibility index (Phi) is 7.35. The highest BCUT2D eigenvalue weighted by atomic mass is 16.5. The minimum atomic E-state index is -0.0613. The van der Waals surface area contributed by atoms with Gasteiger partial charge in [0, 0.05) is 45.6 Å². The van der Waals surface area contributed by atoms with Crippen LogP contribution in [0.3, 0.4) is 0 Å². The van der Waals surface area contributed by atoms with Gasteiger partial charge < -0.3 is 20.3 Å². The van der Waals surface area contributed by atoms with E-state index in [2.05, 4.69) is 58.8 Å². The average molecular weight is 375 g/mol. The van der Waals surface area contributed by atoms with Crippen LogP contribution >= 0.6 is 0 Å². The number of hydrogen-bond acceptors (Lipinski definition) is 4. The van der Waals surface area contributed by atoms with Crippen molar-refractivity contribution >= 4 is 11.7 Å². The average Bonchev–Trinajstić information content (AvgIpc) is 2.70. The molecule has 2 amide bonds. The molecule has 0 aliphatic carbocycles. The molecular formula is C21H34N4O2. The molecule has 1 aromatic rings. The number of carbonyl (C=O) groups is 1. The molecule has 0 bridgehead atoms. The molecular weight excluding hydrogens is 340 g/mol. The third kappa shape index (κ3) is 5.84. The van der Waals surface area contributed by atoms with Crippen LogP contribution in [0.2, 0.25) is 0 Å². The Morgan fingerprint density at radius 3 is 2.44 bits per heavy atom. The van der Waals surface area contributed by atoms with Crippen LogP contribution in [-0.4, -0.2) is 63.9 Å². The fraction of sp³-hybridized carbons (Fsp3) is 0.667. The molecule has 0 radical (unpaired) electrons. The van der Waals surface area contributed by atoms with Crippen molar-refractivity contribution in [3.05, 3.63) is 29.8 Å². The molecule has 2 N–H and O–H groups in total. The molecule has 1 atom stereocenters. The molecule has 0 spiro atoms. The van der Waals surface area contributed by atoms with Gasteiger partial charge in [-0.1, -0.05) is 18.6 Å². The van der Waals surface area contributed by atoms with Crippen LogP contribution in [0, 0.1) is 0 Å². The molecule has 1 aromatic carbocycles. The van der Waals surface area contributed by atoms with Crippen LogP contribution in [0.1, 0.15) is 43.7 Å². The maximum absolute atomic E-state index is 12.4. The van der Waals surface area contributed by atoms with Gasteiger partial charge in [0.15, 0.2) is 0 Å². The molecule has 27 heavy (non-hydrogen) atoms. The van der Waals surface area contributed by atoms with Crippen molar-refractivity contribution in [2.24, 2.45) is 0 Å². The molecule has 2 aliphatic rings. The lowest BCUT2D eigenvalue weighted by Crippen LogP contribution is -2.47. The number of carbonyl (C=O) groups excluding carboxylic acids is 1. The molecule has 3 rings (SSSR count). The van der Waals surface area contributed by atoms with E-state index in [0.29, 0.717) is 6.54 Å². The van der Waals surface area contributed by atoms with Gasteiger partial charge in [-0.3, -0.25) is 4.90 Å². The van der Waals surface area contributed by atoms with Crippen molar-refractivity contribution in [1.82, 2.24) is 15.5 Å². The van der Waals surface area contributed by atoms with E-state index in [9.17, 15) is 4.79 Å². The zero-order valence-corrected chi connectivity index (χ0v) is 16.7. The minimum absolute atomic E-state index is 0.0613. The van der Waals surface area contributed by atoms with Gasteiger partial charge in [-0.15, -0.1) is 0 Å². The van der Waals surface area contributed by atoms with Crippen LogP contribution in [0.5, 0.6) is 0 Å². The van der Waals surface area contributed by atoms with Gasteiger partial charge in [0.25, 0.3) is 0 Å². The van der Waals surface area contributed by atoms with Crippen molar-refractivity contribution in [1.29, 1.82) is 0 Å². The van der Waals surface area contributed by atoms with E-state index in [4.69, 9.17) is 4.74 Å². The molecule has 6 nitrogen and oxygen atoms in total. The Morgan fingerprint density at radius 2 is 1.81 bits per heavy atom. The van der Waals surface area contributed by atoms with Gasteiger partial charge >= 0.3 is 6.03 Å². The topological polar surface area (TPSA) is 56.8 Å². The lowest BCUT2D eigenvalue weighted by Gasteiger charge is -2.35. The second kappa shape index (κ2) is 9.95. The lowest BCUT2D eigenvalue weighted by molar-refractivity contribution is 0.0799. The summed E-state index contributed by atoms with van der Waals surface area (Å²) in [5, 5.41) is 6.22. The van der Waals surface area contributed by atoms with E-state index in [1.165, 1.54) is 30.5 Å². The van der Waals surface area contributed by atoms with Crippen molar-refractivity contribution in [2.45, 2.75) is 44.2 Å². The summed E-state index contributed by atoms with van der Waals surface area (Å²) in [5.74, 6) is 0. The second-order valence-electron chi connectivity index (χ2n) is 7.84. The molecule has 0 aromatic heterocycles. The van der Waals surface area contributed by atoms with Crippen LogP contribution in [0.4, 0.5) is 10.5 Å². The van der Waals surface area contributed by atoms with Crippen LogP contribution in [0.25, 0.3) is 0 Å². The standard InChI is InChI=1S/C21H34N4O2/c1-24(2)19-8-6-17(7-9-19)20(25-12-4-3-5-13-25)16-22-21(26)23-18-10-14-27-15-11-18/h6-9,18,20H,3-5,10-16H2,1-2H3,(H2,22,23,26). The molecule has 2 aliphatic heterocycles. The number of nitrogens with one attached hydrogen (secondary N) is 2. The summed E-state index contributed by atoms with van der Waals surface area (Å²) in [5.41, 5.74) is 2.47. The number of urea groups is 1. The van der Waals surface area contributed by atoms with Crippen molar-refractivity contribution in [3.63, 3.8) is 0 Å². The first kappa shape index (κ1) is 20.0. The molecule has 2 fully saturated rings. The Hall–Kier alpha value is -1.79. The number of piperidine rings is 1. The number of hydrogen-bond donors (Lipinski definition) is 2. The molecule has 2 saturated heterocycles. The molecule has 1 unspecified atom stereocenters. The fourth-order valence-electron chi connectivity index (χ4n) is 3.95. The number of likely N-dealkylation sites (tertiary alicyclic amines) is 1. The third-order valence-electron chi connectivity index (χ3n) is 5.64. The SMILES string of the molecule is CN(C)c1ccc(C(CNC(=O)NC2CCOCC2)N2CCCCC2)cc1. The second-order valence-corrected chi connectivity index (χ2v) is 7.84. The van der Waals surface area contributed by atoms with E-state index in [-0.39, 0.29) is 18.1 Å². The van der Waals surface area contributed by atoms with Gasteiger partial charge in [-0.2, -0.15) is 0 Å². The van der Waals surface area contributed by atoms with Crippen molar-refractivity contribution < 1.29 is 9.53 Å². The predicted molar refractivity (Wildman–Crippen MR) is 109 cm³/mol. The van der Waals surface area contributed by atoms with Gasteiger partial charge in [-0.25, -0.2) is 4.79 Å². The highest BCUT2D eigenvalue weighted by molar-refractivity contribution is 5.74. The molecule has 150 valence electrons. The molecule has 6 heteroatoms. The summed E-state index contributed by atoms with van der Waals surface area (Å²) >= 11 is 0. The van der Waals surface area contributed by atoms with Crippen LogP contribution in [0.15, 0.2) is 24.3 Å². The van der Waals surface area contributed by atoms with E-state index in [1.807, 2.05) is 0 Å². The maximum atomic E-state index is 12.4. The zero-order chi connectivity index (χ0) is 19.1. The van der Waals surface area contributed by atoms with Gasteiger partial charge in [0.05, 0.1) is 6.04 Å². The highest BCUT2D eigenvalue weighted by Gasteiger charge is 2.23. The van der Waals surface area contributed by atoms with E-state index in [0.717, 1.165) is 39.1 Å². The summed E-state index contributed by atoms with van der Waals surface area (Å²) in [7, 11) is 4.11. The molecule has 2 heterocycles. The number of nitrogens with zero attached hydrogens (tertiary/aromatic N) is 2. The Labute approximate surface area is 163 Å². The number of anilines is 1. The van der Waals surface area contributed by atoms with Crippen molar-refractivity contribution in [3.8, 4) is 0 Å². The number of amides is 2. The normalized spacial score (nSPS) is 20.1.